The number of rotatable bonds is 5. The summed E-state index contributed by atoms with van der Waals surface area (Å²) in [6.07, 6.45) is 4.23. The van der Waals surface area contributed by atoms with Crippen molar-refractivity contribution in [2.24, 2.45) is 5.73 Å². The van der Waals surface area contributed by atoms with E-state index in [1.165, 1.54) is 0 Å². The van der Waals surface area contributed by atoms with Gasteiger partial charge >= 0.3 is 0 Å². The van der Waals surface area contributed by atoms with Gasteiger partial charge in [-0.2, -0.15) is 5.26 Å². The first kappa shape index (κ1) is 13.9. The SMILES string of the molecule is CCN(CC(=O)NCC#N)C1CCC(N)CC1. The average Bonchev–Trinajstić information content (AvgIpc) is 2.34. The molecule has 0 saturated heterocycles. The Hall–Kier alpha value is -1.12. The van der Waals surface area contributed by atoms with Crippen LogP contribution in [0.3, 0.4) is 0 Å². The summed E-state index contributed by atoms with van der Waals surface area (Å²) < 4.78 is 0. The van der Waals surface area contributed by atoms with Crippen LogP contribution in [0, 0.1) is 11.3 Å². The number of nitrogens with one attached hydrogen (secondary N) is 1. The van der Waals surface area contributed by atoms with Gasteiger partial charge in [0.15, 0.2) is 0 Å². The third kappa shape index (κ3) is 4.72. The summed E-state index contributed by atoms with van der Waals surface area (Å²) in [5, 5.41) is 11.0. The van der Waals surface area contributed by atoms with Gasteiger partial charge in [0.2, 0.25) is 5.91 Å². The number of carbonyl (C=O) groups is 1. The zero-order chi connectivity index (χ0) is 12.7. The summed E-state index contributed by atoms with van der Waals surface area (Å²) in [5.74, 6) is -0.0664. The fourth-order valence-corrected chi connectivity index (χ4v) is 2.34. The second kappa shape index (κ2) is 7.25. The van der Waals surface area contributed by atoms with E-state index >= 15 is 0 Å². The Morgan fingerprint density at radius 1 is 1.47 bits per heavy atom. The molecule has 1 aliphatic rings. The quantitative estimate of drug-likeness (QED) is 0.671. The monoisotopic (exact) mass is 238 g/mol. The van der Waals surface area contributed by atoms with Gasteiger partial charge in [-0.15, -0.1) is 0 Å². The maximum Gasteiger partial charge on any atom is 0.235 e. The molecule has 0 radical (unpaired) electrons. The number of likely N-dealkylation sites (N-methyl/N-ethyl adjacent to an activating group) is 1. The van der Waals surface area contributed by atoms with Crippen LogP contribution in [0.4, 0.5) is 0 Å². The van der Waals surface area contributed by atoms with Crippen LogP contribution in [0.2, 0.25) is 0 Å². The Balaban J connectivity index is 2.37. The summed E-state index contributed by atoms with van der Waals surface area (Å²) in [6, 6.07) is 2.70. The zero-order valence-electron chi connectivity index (χ0n) is 10.5. The largest absolute Gasteiger partial charge is 0.342 e. The molecule has 5 heteroatoms. The highest BCUT2D eigenvalue weighted by atomic mass is 16.2. The fourth-order valence-electron chi connectivity index (χ4n) is 2.34. The van der Waals surface area contributed by atoms with Crippen molar-refractivity contribution >= 4 is 5.91 Å². The lowest BCUT2D eigenvalue weighted by Crippen LogP contribution is -2.45. The number of nitriles is 1. The Bertz CT molecular complexity index is 279. The minimum absolute atomic E-state index is 0.0664. The maximum absolute atomic E-state index is 11.5. The molecule has 0 heterocycles. The molecule has 1 amide bonds. The second-order valence-corrected chi connectivity index (χ2v) is 4.57. The highest BCUT2D eigenvalue weighted by molar-refractivity contribution is 5.78. The average molecular weight is 238 g/mol. The standard InChI is InChI=1S/C12H22N4O/c1-2-16(9-12(17)15-8-7-13)11-5-3-10(14)4-6-11/h10-11H,2-6,8-9,14H2,1H3,(H,15,17). The summed E-state index contributed by atoms with van der Waals surface area (Å²) in [4.78, 5) is 13.7. The van der Waals surface area contributed by atoms with Crippen molar-refractivity contribution in [2.45, 2.75) is 44.7 Å². The first-order valence-electron chi connectivity index (χ1n) is 6.30. The molecule has 96 valence electrons. The van der Waals surface area contributed by atoms with Crippen molar-refractivity contribution in [1.29, 1.82) is 5.26 Å². The van der Waals surface area contributed by atoms with Gasteiger partial charge in [0.25, 0.3) is 0 Å². The van der Waals surface area contributed by atoms with E-state index in [2.05, 4.69) is 17.1 Å². The first-order valence-corrected chi connectivity index (χ1v) is 6.30. The van der Waals surface area contributed by atoms with E-state index in [-0.39, 0.29) is 12.5 Å². The van der Waals surface area contributed by atoms with Gasteiger partial charge in [-0.1, -0.05) is 6.92 Å². The molecule has 0 spiro atoms. The number of nitrogens with zero attached hydrogens (tertiary/aromatic N) is 2. The molecule has 17 heavy (non-hydrogen) atoms. The molecule has 1 saturated carbocycles. The minimum Gasteiger partial charge on any atom is -0.342 e. The van der Waals surface area contributed by atoms with Gasteiger partial charge in [-0.3, -0.25) is 9.69 Å². The van der Waals surface area contributed by atoms with Crippen LogP contribution in [0.15, 0.2) is 0 Å². The lowest BCUT2D eigenvalue weighted by atomic mass is 9.91. The molecule has 0 bridgehead atoms. The van der Waals surface area contributed by atoms with Crippen molar-refractivity contribution in [3.8, 4) is 6.07 Å². The fraction of sp³-hybridized carbons (Fsp3) is 0.833. The van der Waals surface area contributed by atoms with Crippen LogP contribution >= 0.6 is 0 Å². The van der Waals surface area contributed by atoms with Gasteiger partial charge < -0.3 is 11.1 Å². The molecule has 0 aromatic heterocycles. The van der Waals surface area contributed by atoms with E-state index in [1.807, 2.05) is 6.07 Å². The molecule has 1 rings (SSSR count). The molecule has 0 aliphatic heterocycles. The maximum atomic E-state index is 11.5. The molecule has 1 fully saturated rings. The van der Waals surface area contributed by atoms with E-state index in [4.69, 9.17) is 11.0 Å². The molecule has 5 nitrogen and oxygen atoms in total. The lowest BCUT2D eigenvalue weighted by Gasteiger charge is -2.34. The second-order valence-electron chi connectivity index (χ2n) is 4.57. The zero-order valence-corrected chi connectivity index (χ0v) is 10.5. The van der Waals surface area contributed by atoms with E-state index in [1.54, 1.807) is 0 Å². The van der Waals surface area contributed by atoms with Gasteiger partial charge in [-0.25, -0.2) is 0 Å². The van der Waals surface area contributed by atoms with Gasteiger partial charge in [-0.05, 0) is 32.2 Å². The normalized spacial score (nSPS) is 24.4. The molecule has 1 aliphatic carbocycles. The Morgan fingerprint density at radius 3 is 2.65 bits per heavy atom. The number of carbonyl (C=O) groups excluding carboxylic acids is 1. The molecule has 0 aromatic carbocycles. The predicted molar refractivity (Wildman–Crippen MR) is 66.1 cm³/mol. The van der Waals surface area contributed by atoms with Crippen molar-refractivity contribution < 1.29 is 4.79 Å². The molecular formula is C12H22N4O. The lowest BCUT2D eigenvalue weighted by molar-refractivity contribution is -0.122. The highest BCUT2D eigenvalue weighted by Gasteiger charge is 2.24. The topological polar surface area (TPSA) is 82.2 Å². The Labute approximate surface area is 103 Å². The third-order valence-corrected chi connectivity index (χ3v) is 3.38. The van der Waals surface area contributed by atoms with Crippen LogP contribution in [-0.4, -0.2) is 42.5 Å². The molecule has 3 N–H and O–H groups in total. The molecule has 0 aromatic rings. The van der Waals surface area contributed by atoms with Gasteiger partial charge in [0, 0.05) is 12.1 Å². The van der Waals surface area contributed by atoms with Crippen molar-refractivity contribution in [3.05, 3.63) is 0 Å². The third-order valence-electron chi connectivity index (χ3n) is 3.38. The summed E-state index contributed by atoms with van der Waals surface area (Å²) in [5.41, 5.74) is 5.87. The van der Waals surface area contributed by atoms with Crippen LogP contribution in [-0.2, 0) is 4.79 Å². The van der Waals surface area contributed by atoms with Crippen LogP contribution in [0.25, 0.3) is 0 Å². The van der Waals surface area contributed by atoms with E-state index in [0.717, 1.165) is 32.2 Å². The number of hydrogen-bond donors (Lipinski definition) is 2. The van der Waals surface area contributed by atoms with Crippen molar-refractivity contribution in [2.75, 3.05) is 19.6 Å². The Kier molecular flexibility index (Phi) is 5.95. The van der Waals surface area contributed by atoms with E-state index in [9.17, 15) is 4.79 Å². The molecular weight excluding hydrogens is 216 g/mol. The van der Waals surface area contributed by atoms with Crippen molar-refractivity contribution in [3.63, 3.8) is 0 Å². The first-order chi connectivity index (χ1) is 8.17. The smallest absolute Gasteiger partial charge is 0.235 e. The number of amides is 1. The van der Waals surface area contributed by atoms with Crippen LogP contribution in [0.1, 0.15) is 32.6 Å². The summed E-state index contributed by atoms with van der Waals surface area (Å²) in [7, 11) is 0. The van der Waals surface area contributed by atoms with Crippen molar-refractivity contribution in [1.82, 2.24) is 10.2 Å². The van der Waals surface area contributed by atoms with E-state index < -0.39 is 0 Å². The highest BCUT2D eigenvalue weighted by Crippen LogP contribution is 2.21. The number of nitrogens with two attached hydrogens (primary N) is 1. The van der Waals surface area contributed by atoms with Gasteiger partial charge in [0.05, 0.1) is 12.6 Å². The number of hydrogen-bond acceptors (Lipinski definition) is 4. The van der Waals surface area contributed by atoms with Gasteiger partial charge in [0.1, 0.15) is 6.54 Å². The van der Waals surface area contributed by atoms with Crippen LogP contribution in [0.5, 0.6) is 0 Å². The summed E-state index contributed by atoms with van der Waals surface area (Å²) in [6.45, 7) is 3.40. The molecule has 0 unspecified atom stereocenters. The molecule has 0 atom stereocenters. The van der Waals surface area contributed by atoms with E-state index in [0.29, 0.717) is 18.6 Å². The Morgan fingerprint density at radius 2 is 2.12 bits per heavy atom. The minimum atomic E-state index is -0.0664. The summed E-state index contributed by atoms with van der Waals surface area (Å²) >= 11 is 0. The van der Waals surface area contributed by atoms with Crippen LogP contribution < -0.4 is 11.1 Å². The predicted octanol–water partition coefficient (Wildman–Crippen LogP) is 0.218.